The normalized spacial score (nSPS) is 15.1. The number of unbranched alkanes of at least 4 members (excludes halogenated alkanes) is 1. The predicted molar refractivity (Wildman–Crippen MR) is 113 cm³/mol. The molecule has 1 saturated carbocycles. The summed E-state index contributed by atoms with van der Waals surface area (Å²) in [5.74, 6) is 1.60. The van der Waals surface area contributed by atoms with Gasteiger partial charge in [-0.3, -0.25) is 4.99 Å². The molecule has 1 aliphatic carbocycles. The number of guanidine groups is 1. The molecule has 0 bridgehead atoms. The van der Waals surface area contributed by atoms with Crippen molar-refractivity contribution in [2.75, 3.05) is 31.5 Å². The second-order valence-corrected chi connectivity index (χ2v) is 7.23. The van der Waals surface area contributed by atoms with Crippen molar-refractivity contribution in [3.63, 3.8) is 0 Å². The van der Waals surface area contributed by atoms with Gasteiger partial charge in [0, 0.05) is 31.2 Å². The molecular formula is C22H30FN5. The first-order valence-electron chi connectivity index (χ1n) is 10.2. The number of benzene rings is 1. The lowest BCUT2D eigenvalue weighted by Gasteiger charge is -2.16. The summed E-state index contributed by atoms with van der Waals surface area (Å²) in [4.78, 5) is 8.98. The molecule has 3 N–H and O–H groups in total. The third-order valence-corrected chi connectivity index (χ3v) is 5.05. The molecule has 0 unspecified atom stereocenters. The van der Waals surface area contributed by atoms with Gasteiger partial charge in [0.1, 0.15) is 11.6 Å². The summed E-state index contributed by atoms with van der Waals surface area (Å²) < 4.78 is 14.2. The Morgan fingerprint density at radius 2 is 1.86 bits per heavy atom. The van der Waals surface area contributed by atoms with Crippen LogP contribution in [-0.2, 0) is 5.41 Å². The van der Waals surface area contributed by atoms with Crippen molar-refractivity contribution in [3.8, 4) is 0 Å². The molecule has 5 nitrogen and oxygen atoms in total. The van der Waals surface area contributed by atoms with Crippen molar-refractivity contribution in [1.29, 1.82) is 0 Å². The van der Waals surface area contributed by atoms with Crippen molar-refractivity contribution in [2.45, 2.75) is 38.0 Å². The lowest BCUT2D eigenvalue weighted by atomic mass is 9.95. The highest BCUT2D eigenvalue weighted by Crippen LogP contribution is 2.49. The lowest BCUT2D eigenvalue weighted by Crippen LogP contribution is -2.38. The Kier molecular flexibility index (Phi) is 7.23. The Morgan fingerprint density at radius 1 is 1.07 bits per heavy atom. The fraction of sp³-hybridized carbons (Fsp3) is 0.455. The lowest BCUT2D eigenvalue weighted by molar-refractivity contribution is 0.572. The highest BCUT2D eigenvalue weighted by atomic mass is 19.1. The van der Waals surface area contributed by atoms with Gasteiger partial charge in [-0.05, 0) is 56.4 Å². The molecule has 2 aromatic rings. The topological polar surface area (TPSA) is 61.3 Å². The zero-order chi connectivity index (χ0) is 19.7. The molecule has 0 atom stereocenters. The van der Waals surface area contributed by atoms with Crippen LogP contribution < -0.4 is 16.0 Å². The zero-order valence-electron chi connectivity index (χ0n) is 16.5. The number of pyridine rings is 1. The summed E-state index contributed by atoms with van der Waals surface area (Å²) in [6.07, 6.45) is 5.86. The van der Waals surface area contributed by atoms with Crippen LogP contribution in [0.3, 0.4) is 0 Å². The van der Waals surface area contributed by atoms with Crippen LogP contribution in [0.15, 0.2) is 53.7 Å². The third-order valence-electron chi connectivity index (χ3n) is 5.05. The van der Waals surface area contributed by atoms with Gasteiger partial charge in [-0.15, -0.1) is 0 Å². The van der Waals surface area contributed by atoms with Crippen molar-refractivity contribution in [2.24, 2.45) is 4.99 Å². The first kappa shape index (κ1) is 20.1. The molecule has 0 aliphatic heterocycles. The number of aromatic nitrogens is 1. The molecule has 0 saturated heterocycles. The highest BCUT2D eigenvalue weighted by Gasteiger charge is 2.45. The van der Waals surface area contributed by atoms with Crippen LogP contribution in [0.1, 0.15) is 38.2 Å². The number of rotatable bonds is 10. The van der Waals surface area contributed by atoms with Gasteiger partial charge in [0.25, 0.3) is 0 Å². The maximum Gasteiger partial charge on any atom is 0.191 e. The van der Waals surface area contributed by atoms with Crippen molar-refractivity contribution < 1.29 is 4.39 Å². The van der Waals surface area contributed by atoms with Crippen LogP contribution in [0.5, 0.6) is 0 Å². The standard InChI is InChI=1S/C22H30FN5/c1-2-24-21(27-16-8-7-15-26-20-11-5-6-14-25-20)28-17-22(12-13-22)18-9-3-4-10-19(18)23/h3-6,9-11,14H,2,7-8,12-13,15-17H2,1H3,(H,25,26)(H2,24,27,28). The van der Waals surface area contributed by atoms with E-state index in [2.05, 4.69) is 27.9 Å². The van der Waals surface area contributed by atoms with E-state index < -0.39 is 0 Å². The summed E-state index contributed by atoms with van der Waals surface area (Å²) in [6.45, 7) is 5.22. The second kappa shape index (κ2) is 10.1. The minimum absolute atomic E-state index is 0.117. The molecule has 0 radical (unpaired) electrons. The van der Waals surface area contributed by atoms with E-state index in [0.717, 1.165) is 62.7 Å². The van der Waals surface area contributed by atoms with Crippen molar-refractivity contribution >= 4 is 11.8 Å². The first-order chi connectivity index (χ1) is 13.7. The number of hydrogen-bond donors (Lipinski definition) is 3. The molecule has 3 rings (SSSR count). The van der Waals surface area contributed by atoms with E-state index in [1.54, 1.807) is 18.3 Å². The summed E-state index contributed by atoms with van der Waals surface area (Å²) in [5, 5.41) is 9.99. The quantitative estimate of drug-likeness (QED) is 0.333. The number of aliphatic imine (C=N–C) groups is 1. The minimum atomic E-state index is -0.125. The summed E-state index contributed by atoms with van der Waals surface area (Å²) in [7, 11) is 0. The van der Waals surface area contributed by atoms with Crippen LogP contribution in [0.25, 0.3) is 0 Å². The molecule has 150 valence electrons. The maximum atomic E-state index is 14.2. The summed E-state index contributed by atoms with van der Waals surface area (Å²) in [6, 6.07) is 12.9. The van der Waals surface area contributed by atoms with Gasteiger partial charge in [-0.2, -0.15) is 0 Å². The fourth-order valence-electron chi connectivity index (χ4n) is 3.27. The molecular weight excluding hydrogens is 353 g/mol. The molecule has 1 aromatic heterocycles. The number of nitrogens with zero attached hydrogens (tertiary/aromatic N) is 2. The second-order valence-electron chi connectivity index (χ2n) is 7.23. The van der Waals surface area contributed by atoms with Crippen LogP contribution in [0, 0.1) is 5.82 Å². The summed E-state index contributed by atoms with van der Waals surface area (Å²) in [5.41, 5.74) is 0.676. The van der Waals surface area contributed by atoms with Crippen LogP contribution in [-0.4, -0.2) is 37.1 Å². The fourth-order valence-corrected chi connectivity index (χ4v) is 3.27. The van der Waals surface area contributed by atoms with Crippen LogP contribution >= 0.6 is 0 Å². The van der Waals surface area contributed by atoms with Crippen molar-refractivity contribution in [1.82, 2.24) is 15.6 Å². The zero-order valence-corrected chi connectivity index (χ0v) is 16.5. The smallest absolute Gasteiger partial charge is 0.191 e. The third kappa shape index (κ3) is 5.68. The number of nitrogens with one attached hydrogen (secondary N) is 3. The van der Waals surface area contributed by atoms with E-state index in [0.29, 0.717) is 6.54 Å². The van der Waals surface area contributed by atoms with Gasteiger partial charge < -0.3 is 16.0 Å². The number of halogens is 1. The molecule has 1 heterocycles. The first-order valence-corrected chi connectivity index (χ1v) is 10.2. The Hall–Kier alpha value is -2.63. The maximum absolute atomic E-state index is 14.2. The molecule has 28 heavy (non-hydrogen) atoms. The largest absolute Gasteiger partial charge is 0.370 e. The highest BCUT2D eigenvalue weighted by molar-refractivity contribution is 5.79. The Labute approximate surface area is 166 Å². The average molecular weight is 384 g/mol. The molecule has 1 aliphatic rings. The minimum Gasteiger partial charge on any atom is -0.370 e. The van der Waals surface area contributed by atoms with Gasteiger partial charge in [0.05, 0.1) is 6.54 Å². The number of hydrogen-bond acceptors (Lipinski definition) is 3. The molecule has 1 aromatic carbocycles. The van der Waals surface area contributed by atoms with Crippen LogP contribution in [0.4, 0.5) is 10.2 Å². The van der Waals surface area contributed by atoms with E-state index in [1.165, 1.54) is 0 Å². The summed E-state index contributed by atoms with van der Waals surface area (Å²) >= 11 is 0. The van der Waals surface area contributed by atoms with Gasteiger partial charge in [0.2, 0.25) is 0 Å². The van der Waals surface area contributed by atoms with E-state index >= 15 is 0 Å². The Morgan fingerprint density at radius 3 is 2.57 bits per heavy atom. The monoisotopic (exact) mass is 383 g/mol. The Bertz CT molecular complexity index is 759. The molecule has 0 spiro atoms. The average Bonchev–Trinajstić information content (AvgIpc) is 3.50. The Balaban J connectivity index is 1.42. The molecule has 1 fully saturated rings. The molecule has 0 amide bonds. The van der Waals surface area contributed by atoms with E-state index in [1.807, 2.05) is 30.3 Å². The van der Waals surface area contributed by atoms with E-state index in [4.69, 9.17) is 4.99 Å². The van der Waals surface area contributed by atoms with Crippen LogP contribution in [0.2, 0.25) is 0 Å². The molecule has 6 heteroatoms. The SMILES string of the molecule is CCNC(=NCC1(c2ccccc2F)CC1)NCCCCNc1ccccn1. The van der Waals surface area contributed by atoms with Crippen molar-refractivity contribution in [3.05, 3.63) is 60.0 Å². The van der Waals surface area contributed by atoms with Gasteiger partial charge in [-0.25, -0.2) is 9.37 Å². The van der Waals surface area contributed by atoms with E-state index in [-0.39, 0.29) is 11.2 Å². The van der Waals surface area contributed by atoms with Gasteiger partial charge in [0.15, 0.2) is 5.96 Å². The number of anilines is 1. The van der Waals surface area contributed by atoms with Gasteiger partial charge in [-0.1, -0.05) is 24.3 Å². The predicted octanol–water partition coefficient (Wildman–Crippen LogP) is 3.70. The van der Waals surface area contributed by atoms with E-state index in [9.17, 15) is 4.39 Å². The van der Waals surface area contributed by atoms with Gasteiger partial charge >= 0.3 is 0 Å².